The van der Waals surface area contributed by atoms with Crippen LogP contribution in [0.2, 0.25) is 0 Å². The topological polar surface area (TPSA) is 24.5 Å². The summed E-state index contributed by atoms with van der Waals surface area (Å²) < 4.78 is 5.84. The zero-order chi connectivity index (χ0) is 12.8. The summed E-state index contributed by atoms with van der Waals surface area (Å²) in [7, 11) is 0. The highest BCUT2D eigenvalue weighted by Gasteiger charge is 2.23. The van der Waals surface area contributed by atoms with E-state index in [1.54, 1.807) is 0 Å². The molecule has 0 aromatic carbocycles. The monoisotopic (exact) mass is 254 g/mol. The first-order chi connectivity index (χ1) is 8.79. The normalized spacial score (nSPS) is 29.3. The first-order valence-corrected chi connectivity index (χ1v) is 7.87. The zero-order valence-corrected chi connectivity index (χ0v) is 12.2. The van der Waals surface area contributed by atoms with E-state index in [0.29, 0.717) is 12.1 Å². The van der Waals surface area contributed by atoms with Gasteiger partial charge in [-0.25, -0.2) is 0 Å². The molecule has 2 atom stereocenters. The molecule has 0 radical (unpaired) electrons. The van der Waals surface area contributed by atoms with E-state index in [9.17, 15) is 0 Å². The molecule has 2 rings (SSSR count). The lowest BCUT2D eigenvalue weighted by Crippen LogP contribution is -2.48. The minimum Gasteiger partial charge on any atom is -0.374 e. The molecule has 1 aliphatic heterocycles. The van der Waals surface area contributed by atoms with E-state index in [4.69, 9.17) is 4.74 Å². The van der Waals surface area contributed by atoms with Gasteiger partial charge in [0.1, 0.15) is 0 Å². The van der Waals surface area contributed by atoms with Crippen molar-refractivity contribution in [3.63, 3.8) is 0 Å². The minimum absolute atomic E-state index is 0.393. The van der Waals surface area contributed by atoms with Crippen molar-refractivity contribution < 1.29 is 4.74 Å². The molecule has 0 bridgehead atoms. The summed E-state index contributed by atoms with van der Waals surface area (Å²) in [6, 6.07) is 0.658. The standard InChI is InChI=1S/C15H30N2O/c1-3-17-9-10-18-15(12-17)11-16-13(2)14-7-5-4-6-8-14/h13-16H,3-12H2,1-2H3. The average molecular weight is 254 g/mol. The molecule has 2 aliphatic rings. The lowest BCUT2D eigenvalue weighted by Gasteiger charge is -2.34. The fraction of sp³-hybridized carbons (Fsp3) is 1.00. The van der Waals surface area contributed by atoms with E-state index in [1.165, 1.54) is 32.1 Å². The fourth-order valence-corrected chi connectivity index (χ4v) is 3.31. The molecule has 106 valence electrons. The predicted molar refractivity (Wildman–Crippen MR) is 75.9 cm³/mol. The van der Waals surface area contributed by atoms with Gasteiger partial charge in [0.15, 0.2) is 0 Å². The second-order valence-corrected chi connectivity index (χ2v) is 5.98. The molecule has 3 nitrogen and oxygen atoms in total. The Kier molecular flexibility index (Phi) is 5.93. The maximum absolute atomic E-state index is 5.84. The Labute approximate surface area is 112 Å². The van der Waals surface area contributed by atoms with Gasteiger partial charge in [0.05, 0.1) is 12.7 Å². The Hall–Kier alpha value is -0.120. The Morgan fingerprint density at radius 3 is 2.78 bits per heavy atom. The second-order valence-electron chi connectivity index (χ2n) is 5.98. The van der Waals surface area contributed by atoms with Gasteiger partial charge in [0, 0.05) is 25.7 Å². The number of nitrogens with one attached hydrogen (secondary N) is 1. The van der Waals surface area contributed by atoms with Crippen LogP contribution in [-0.2, 0) is 4.74 Å². The van der Waals surface area contributed by atoms with Crippen LogP contribution in [0.4, 0.5) is 0 Å². The summed E-state index contributed by atoms with van der Waals surface area (Å²) in [5.41, 5.74) is 0. The van der Waals surface area contributed by atoms with E-state index >= 15 is 0 Å². The van der Waals surface area contributed by atoms with Gasteiger partial charge in [-0.05, 0) is 32.2 Å². The quantitative estimate of drug-likeness (QED) is 0.814. The summed E-state index contributed by atoms with van der Waals surface area (Å²) in [6.07, 6.45) is 7.53. The largest absolute Gasteiger partial charge is 0.374 e. The highest BCUT2D eigenvalue weighted by molar-refractivity contribution is 4.79. The third kappa shape index (κ3) is 4.22. The highest BCUT2D eigenvalue weighted by Crippen LogP contribution is 2.26. The maximum Gasteiger partial charge on any atom is 0.0826 e. The zero-order valence-electron chi connectivity index (χ0n) is 12.2. The van der Waals surface area contributed by atoms with Gasteiger partial charge < -0.3 is 10.1 Å². The average Bonchev–Trinajstić information content (AvgIpc) is 2.46. The summed E-state index contributed by atoms with van der Waals surface area (Å²) >= 11 is 0. The Morgan fingerprint density at radius 2 is 2.06 bits per heavy atom. The van der Waals surface area contributed by atoms with Crippen molar-refractivity contribution in [2.75, 3.05) is 32.8 Å². The fourth-order valence-electron chi connectivity index (χ4n) is 3.31. The molecule has 0 spiro atoms. The van der Waals surface area contributed by atoms with Crippen molar-refractivity contribution in [1.82, 2.24) is 10.2 Å². The smallest absolute Gasteiger partial charge is 0.0826 e. The number of rotatable bonds is 5. The lowest BCUT2D eigenvalue weighted by molar-refractivity contribution is -0.0270. The molecule has 0 amide bonds. The van der Waals surface area contributed by atoms with Crippen LogP contribution < -0.4 is 5.32 Å². The third-order valence-corrected chi connectivity index (χ3v) is 4.69. The van der Waals surface area contributed by atoms with Crippen LogP contribution in [0.25, 0.3) is 0 Å². The molecule has 2 unspecified atom stereocenters. The van der Waals surface area contributed by atoms with E-state index in [0.717, 1.165) is 38.7 Å². The van der Waals surface area contributed by atoms with Crippen LogP contribution in [0, 0.1) is 5.92 Å². The van der Waals surface area contributed by atoms with Gasteiger partial charge in [-0.3, -0.25) is 4.90 Å². The van der Waals surface area contributed by atoms with Gasteiger partial charge in [-0.15, -0.1) is 0 Å². The molecular weight excluding hydrogens is 224 g/mol. The van der Waals surface area contributed by atoms with Crippen molar-refractivity contribution in [2.24, 2.45) is 5.92 Å². The number of hydrogen-bond acceptors (Lipinski definition) is 3. The number of hydrogen-bond donors (Lipinski definition) is 1. The minimum atomic E-state index is 0.393. The first-order valence-electron chi connectivity index (χ1n) is 7.87. The summed E-state index contributed by atoms with van der Waals surface area (Å²) in [5.74, 6) is 0.893. The third-order valence-electron chi connectivity index (χ3n) is 4.69. The van der Waals surface area contributed by atoms with Crippen molar-refractivity contribution >= 4 is 0 Å². The molecule has 1 saturated heterocycles. The van der Waals surface area contributed by atoms with Gasteiger partial charge in [0.2, 0.25) is 0 Å². The van der Waals surface area contributed by atoms with Crippen LogP contribution in [-0.4, -0.2) is 49.8 Å². The molecule has 18 heavy (non-hydrogen) atoms. The first kappa shape index (κ1) is 14.3. The van der Waals surface area contributed by atoms with Crippen molar-refractivity contribution in [2.45, 2.75) is 58.1 Å². The second kappa shape index (κ2) is 7.46. The van der Waals surface area contributed by atoms with E-state index in [-0.39, 0.29) is 0 Å². The SMILES string of the molecule is CCN1CCOC(CNC(C)C2CCCCC2)C1. The molecular formula is C15H30N2O. The van der Waals surface area contributed by atoms with Crippen molar-refractivity contribution in [3.8, 4) is 0 Å². The highest BCUT2D eigenvalue weighted by atomic mass is 16.5. The molecule has 2 fully saturated rings. The van der Waals surface area contributed by atoms with Gasteiger partial charge in [-0.1, -0.05) is 26.2 Å². The number of ether oxygens (including phenoxy) is 1. The van der Waals surface area contributed by atoms with E-state index in [1.807, 2.05) is 0 Å². The van der Waals surface area contributed by atoms with Crippen LogP contribution >= 0.6 is 0 Å². The molecule has 1 aliphatic carbocycles. The Balaban J connectivity index is 1.66. The van der Waals surface area contributed by atoms with Gasteiger partial charge >= 0.3 is 0 Å². The van der Waals surface area contributed by atoms with Crippen LogP contribution in [0.5, 0.6) is 0 Å². The van der Waals surface area contributed by atoms with Gasteiger partial charge in [-0.2, -0.15) is 0 Å². The summed E-state index contributed by atoms with van der Waals surface area (Å²) in [5, 5.41) is 3.72. The van der Waals surface area contributed by atoms with Crippen molar-refractivity contribution in [1.29, 1.82) is 0 Å². The van der Waals surface area contributed by atoms with Crippen LogP contribution in [0.1, 0.15) is 46.0 Å². The lowest BCUT2D eigenvalue weighted by atomic mass is 9.84. The number of nitrogens with zero attached hydrogens (tertiary/aromatic N) is 1. The maximum atomic E-state index is 5.84. The molecule has 1 heterocycles. The molecule has 3 heteroatoms. The Morgan fingerprint density at radius 1 is 1.28 bits per heavy atom. The van der Waals surface area contributed by atoms with E-state index < -0.39 is 0 Å². The number of likely N-dealkylation sites (N-methyl/N-ethyl adjacent to an activating group) is 1. The van der Waals surface area contributed by atoms with Crippen molar-refractivity contribution in [3.05, 3.63) is 0 Å². The molecule has 0 aromatic rings. The predicted octanol–water partition coefficient (Wildman–Crippen LogP) is 2.27. The molecule has 0 aromatic heterocycles. The molecule has 1 N–H and O–H groups in total. The van der Waals surface area contributed by atoms with Crippen LogP contribution in [0.3, 0.4) is 0 Å². The summed E-state index contributed by atoms with van der Waals surface area (Å²) in [4.78, 5) is 2.49. The van der Waals surface area contributed by atoms with E-state index in [2.05, 4.69) is 24.1 Å². The van der Waals surface area contributed by atoms with Crippen LogP contribution in [0.15, 0.2) is 0 Å². The summed E-state index contributed by atoms with van der Waals surface area (Å²) in [6.45, 7) is 9.87. The number of morpholine rings is 1. The molecule has 1 saturated carbocycles. The Bertz CT molecular complexity index is 227. The van der Waals surface area contributed by atoms with Gasteiger partial charge in [0.25, 0.3) is 0 Å².